The molecule has 0 aromatic heterocycles. The van der Waals surface area contributed by atoms with Crippen molar-refractivity contribution in [2.45, 2.75) is 38.3 Å². The van der Waals surface area contributed by atoms with Gasteiger partial charge in [-0.3, -0.25) is 9.59 Å². The number of aryl methyl sites for hydroxylation is 1. The van der Waals surface area contributed by atoms with Gasteiger partial charge in [0.05, 0.1) is 5.25 Å². The summed E-state index contributed by atoms with van der Waals surface area (Å²) in [5, 5.41) is 0.00746. The minimum Gasteiger partial charge on any atom is -0.344 e. The van der Waals surface area contributed by atoms with E-state index in [4.69, 9.17) is 0 Å². The second-order valence-corrected chi connectivity index (χ2v) is 7.91. The molecular formula is C18H26N2O2S. The van der Waals surface area contributed by atoms with Gasteiger partial charge < -0.3 is 9.80 Å². The van der Waals surface area contributed by atoms with Gasteiger partial charge in [-0.25, -0.2) is 0 Å². The Morgan fingerprint density at radius 1 is 1.30 bits per heavy atom. The fourth-order valence-corrected chi connectivity index (χ4v) is 4.01. The van der Waals surface area contributed by atoms with E-state index >= 15 is 0 Å². The standard InChI is InChI=1S/C18H26N2O2S/c1-12(2)16(21)19(5)10-11-20-17(22)14(4)23-18(20)15-8-6-13(3)7-9-15/h6-9,12,14,18H,10-11H2,1-5H3/t14-,18+/m0/s1. The van der Waals surface area contributed by atoms with E-state index in [1.807, 2.05) is 25.7 Å². The van der Waals surface area contributed by atoms with Gasteiger partial charge in [0.15, 0.2) is 0 Å². The smallest absolute Gasteiger partial charge is 0.236 e. The van der Waals surface area contributed by atoms with Crippen LogP contribution in [0.4, 0.5) is 0 Å². The normalized spacial score (nSPS) is 21.1. The highest BCUT2D eigenvalue weighted by Crippen LogP contribution is 2.42. The first kappa shape index (κ1) is 17.9. The van der Waals surface area contributed by atoms with Crippen LogP contribution in [0.5, 0.6) is 0 Å². The Bertz CT molecular complexity index is 571. The molecule has 1 aromatic rings. The zero-order chi connectivity index (χ0) is 17.1. The molecule has 126 valence electrons. The third kappa shape index (κ3) is 4.08. The van der Waals surface area contributed by atoms with Crippen molar-refractivity contribution in [3.05, 3.63) is 35.4 Å². The minimum atomic E-state index is -0.0348. The highest BCUT2D eigenvalue weighted by molar-refractivity contribution is 8.01. The van der Waals surface area contributed by atoms with Crippen LogP contribution < -0.4 is 0 Å². The zero-order valence-electron chi connectivity index (χ0n) is 14.6. The predicted octanol–water partition coefficient (Wildman–Crippen LogP) is 3.07. The first-order chi connectivity index (χ1) is 10.8. The van der Waals surface area contributed by atoms with Crippen LogP contribution in [0.1, 0.15) is 37.3 Å². The molecule has 5 heteroatoms. The van der Waals surface area contributed by atoms with Crippen LogP contribution in [0.3, 0.4) is 0 Å². The number of carbonyl (C=O) groups excluding carboxylic acids is 2. The maximum absolute atomic E-state index is 12.5. The third-order valence-electron chi connectivity index (χ3n) is 4.16. The number of thioether (sulfide) groups is 1. The van der Waals surface area contributed by atoms with Crippen LogP contribution in [-0.4, -0.2) is 47.0 Å². The van der Waals surface area contributed by atoms with Crippen molar-refractivity contribution in [1.29, 1.82) is 0 Å². The third-order valence-corrected chi connectivity index (χ3v) is 5.55. The molecule has 0 bridgehead atoms. The number of benzene rings is 1. The fourth-order valence-electron chi connectivity index (χ4n) is 2.70. The maximum Gasteiger partial charge on any atom is 0.236 e. The van der Waals surface area contributed by atoms with E-state index in [-0.39, 0.29) is 28.4 Å². The minimum absolute atomic E-state index is 0.0181. The lowest BCUT2D eigenvalue weighted by molar-refractivity contribution is -0.135. The molecule has 1 aliphatic rings. The van der Waals surface area contributed by atoms with Gasteiger partial charge in [-0.2, -0.15) is 0 Å². The Balaban J connectivity index is 2.09. The summed E-state index contributed by atoms with van der Waals surface area (Å²) in [5.74, 6) is 0.255. The first-order valence-corrected chi connectivity index (χ1v) is 9.03. The van der Waals surface area contributed by atoms with E-state index in [9.17, 15) is 9.59 Å². The molecule has 4 nitrogen and oxygen atoms in total. The Labute approximate surface area is 143 Å². The van der Waals surface area contributed by atoms with Crippen LogP contribution in [-0.2, 0) is 9.59 Å². The van der Waals surface area contributed by atoms with E-state index in [0.29, 0.717) is 13.1 Å². The molecule has 0 spiro atoms. The Morgan fingerprint density at radius 3 is 2.48 bits per heavy atom. The summed E-state index contributed by atoms with van der Waals surface area (Å²) in [5.41, 5.74) is 2.36. The van der Waals surface area contributed by atoms with Crippen LogP contribution in [0.2, 0.25) is 0 Å². The van der Waals surface area contributed by atoms with E-state index in [0.717, 1.165) is 5.56 Å². The van der Waals surface area contributed by atoms with E-state index < -0.39 is 0 Å². The summed E-state index contributed by atoms with van der Waals surface area (Å²) >= 11 is 1.68. The average molecular weight is 334 g/mol. The van der Waals surface area contributed by atoms with Gasteiger partial charge in [0.2, 0.25) is 11.8 Å². The van der Waals surface area contributed by atoms with Gasteiger partial charge in [0.25, 0.3) is 0 Å². The van der Waals surface area contributed by atoms with Crippen LogP contribution in [0.15, 0.2) is 24.3 Å². The molecule has 1 aliphatic heterocycles. The molecule has 0 saturated carbocycles. The molecule has 23 heavy (non-hydrogen) atoms. The van der Waals surface area contributed by atoms with E-state index in [1.54, 1.807) is 23.7 Å². The maximum atomic E-state index is 12.5. The molecular weight excluding hydrogens is 308 g/mol. The molecule has 0 unspecified atom stereocenters. The van der Waals surface area contributed by atoms with Crippen molar-refractivity contribution in [3.63, 3.8) is 0 Å². The van der Waals surface area contributed by atoms with E-state index in [2.05, 4.69) is 31.2 Å². The SMILES string of the molecule is Cc1ccc([C@H]2S[C@@H](C)C(=O)N2CCN(C)C(=O)C(C)C)cc1. The number of hydrogen-bond donors (Lipinski definition) is 0. The summed E-state index contributed by atoms with van der Waals surface area (Å²) in [7, 11) is 1.81. The number of rotatable bonds is 5. The quantitative estimate of drug-likeness (QED) is 0.831. The molecule has 2 amide bonds. The van der Waals surface area contributed by atoms with Gasteiger partial charge in [-0.15, -0.1) is 11.8 Å². The summed E-state index contributed by atoms with van der Waals surface area (Å²) in [6.45, 7) is 8.95. The average Bonchev–Trinajstić information content (AvgIpc) is 2.80. The van der Waals surface area contributed by atoms with Crippen molar-refractivity contribution in [3.8, 4) is 0 Å². The van der Waals surface area contributed by atoms with Crippen molar-refractivity contribution in [2.24, 2.45) is 5.92 Å². The molecule has 1 saturated heterocycles. The summed E-state index contributed by atoms with van der Waals surface area (Å²) < 4.78 is 0. The van der Waals surface area contributed by atoms with Gasteiger partial charge in [0.1, 0.15) is 5.37 Å². The molecule has 1 aromatic carbocycles. The van der Waals surface area contributed by atoms with Crippen LogP contribution in [0, 0.1) is 12.8 Å². The lowest BCUT2D eigenvalue weighted by Crippen LogP contribution is -2.40. The number of nitrogens with zero attached hydrogens (tertiary/aromatic N) is 2. The number of amides is 2. The monoisotopic (exact) mass is 334 g/mol. The summed E-state index contributed by atoms with van der Waals surface area (Å²) in [4.78, 5) is 28.1. The predicted molar refractivity (Wildman–Crippen MR) is 95.2 cm³/mol. The van der Waals surface area contributed by atoms with Gasteiger partial charge >= 0.3 is 0 Å². The Morgan fingerprint density at radius 2 is 1.91 bits per heavy atom. The summed E-state index contributed by atoms with van der Waals surface area (Å²) in [6.07, 6.45) is 0. The number of carbonyl (C=O) groups is 2. The van der Waals surface area contributed by atoms with Crippen molar-refractivity contribution in [2.75, 3.05) is 20.1 Å². The van der Waals surface area contributed by atoms with E-state index in [1.165, 1.54) is 5.56 Å². The lowest BCUT2D eigenvalue weighted by Gasteiger charge is -2.27. The second kappa shape index (κ2) is 7.39. The molecule has 0 aliphatic carbocycles. The van der Waals surface area contributed by atoms with Crippen LogP contribution in [0.25, 0.3) is 0 Å². The fraction of sp³-hybridized carbons (Fsp3) is 0.556. The summed E-state index contributed by atoms with van der Waals surface area (Å²) in [6, 6.07) is 8.34. The van der Waals surface area contributed by atoms with Crippen molar-refractivity contribution < 1.29 is 9.59 Å². The molecule has 1 heterocycles. The molecule has 0 N–H and O–H groups in total. The van der Waals surface area contributed by atoms with Gasteiger partial charge in [-0.05, 0) is 19.4 Å². The molecule has 2 atom stereocenters. The van der Waals surface area contributed by atoms with Gasteiger partial charge in [0, 0.05) is 26.1 Å². The largest absolute Gasteiger partial charge is 0.344 e. The molecule has 0 radical (unpaired) electrons. The second-order valence-electron chi connectivity index (χ2n) is 6.49. The van der Waals surface area contributed by atoms with Gasteiger partial charge in [-0.1, -0.05) is 43.7 Å². The highest BCUT2D eigenvalue weighted by atomic mass is 32.2. The number of hydrogen-bond acceptors (Lipinski definition) is 3. The number of likely N-dealkylation sites (N-methyl/N-ethyl adjacent to an activating group) is 1. The van der Waals surface area contributed by atoms with Crippen molar-refractivity contribution in [1.82, 2.24) is 9.80 Å². The highest BCUT2D eigenvalue weighted by Gasteiger charge is 2.38. The zero-order valence-corrected chi connectivity index (χ0v) is 15.4. The topological polar surface area (TPSA) is 40.6 Å². The van der Waals surface area contributed by atoms with Crippen molar-refractivity contribution >= 4 is 23.6 Å². The lowest BCUT2D eigenvalue weighted by atomic mass is 10.1. The Kier molecular flexibility index (Phi) is 5.74. The molecule has 1 fully saturated rings. The Hall–Kier alpha value is -1.49. The first-order valence-electron chi connectivity index (χ1n) is 8.08. The molecule has 2 rings (SSSR count). The van der Waals surface area contributed by atoms with Crippen LogP contribution >= 0.6 is 11.8 Å².